The Bertz CT molecular complexity index is 388. The van der Waals surface area contributed by atoms with Crippen LogP contribution in [-0.4, -0.2) is 23.5 Å². The molecule has 0 amide bonds. The molecule has 0 fully saturated rings. The fourth-order valence-corrected chi connectivity index (χ4v) is 1.31. The van der Waals surface area contributed by atoms with E-state index in [4.69, 9.17) is 10.1 Å². The van der Waals surface area contributed by atoms with Crippen molar-refractivity contribution < 1.29 is 14.5 Å². The molecule has 1 aliphatic rings. The summed E-state index contributed by atoms with van der Waals surface area (Å²) < 4.78 is 0. The predicted octanol–water partition coefficient (Wildman–Crippen LogP) is 1.35. The molecule has 0 unspecified atom stereocenters. The lowest BCUT2D eigenvalue weighted by Gasteiger charge is -1.90. The van der Waals surface area contributed by atoms with E-state index in [0.29, 0.717) is 11.1 Å². The van der Waals surface area contributed by atoms with Crippen LogP contribution in [0.5, 0.6) is 0 Å². The van der Waals surface area contributed by atoms with Gasteiger partial charge in [-0.15, -0.1) is 0 Å². The molecule has 0 N–H and O–H groups in total. The van der Waals surface area contributed by atoms with Gasteiger partial charge in [-0.2, -0.15) is 0 Å². The van der Waals surface area contributed by atoms with Gasteiger partial charge in [-0.05, 0) is 0 Å². The van der Waals surface area contributed by atoms with Crippen LogP contribution in [0.3, 0.4) is 0 Å². The normalized spacial score (nSPS) is 12.9. The Hall–Kier alpha value is -2.04. The first-order chi connectivity index (χ1) is 7.02. The molecule has 0 atom stereocenters. The highest BCUT2D eigenvalue weighted by Gasteiger charge is 2.25. The van der Waals surface area contributed by atoms with Gasteiger partial charge in [-0.3, -0.25) is 19.7 Å². The first-order valence-corrected chi connectivity index (χ1v) is 4.26. The standard InChI is InChI=1S/C9H6O2.CH3NO2/c10-8-5-9(11)7-4-2-1-3-6(7)8;1-2(3)4/h1-4H,5H2;1H3. The van der Waals surface area contributed by atoms with E-state index < -0.39 is 4.92 Å². The van der Waals surface area contributed by atoms with Crippen LogP contribution in [0.2, 0.25) is 0 Å². The van der Waals surface area contributed by atoms with Crippen LogP contribution in [0.15, 0.2) is 24.3 Å². The molecule has 5 heteroatoms. The fraction of sp³-hybridized carbons (Fsp3) is 0.200. The number of fused-ring (bicyclic) bond motifs is 1. The lowest BCUT2D eigenvalue weighted by molar-refractivity contribution is -0.445. The fourth-order valence-electron chi connectivity index (χ4n) is 1.31. The van der Waals surface area contributed by atoms with Crippen molar-refractivity contribution in [3.8, 4) is 0 Å². The Morgan fingerprint density at radius 1 is 1.13 bits per heavy atom. The molecule has 78 valence electrons. The largest absolute Gasteiger partial charge is 0.294 e. The molecule has 0 heterocycles. The van der Waals surface area contributed by atoms with E-state index in [1.54, 1.807) is 24.3 Å². The van der Waals surface area contributed by atoms with Crippen molar-refractivity contribution in [3.63, 3.8) is 0 Å². The first-order valence-electron chi connectivity index (χ1n) is 4.26. The summed E-state index contributed by atoms with van der Waals surface area (Å²) in [5.74, 6) is -0.101. The zero-order chi connectivity index (χ0) is 11.4. The van der Waals surface area contributed by atoms with E-state index in [1.165, 1.54) is 0 Å². The minimum atomic E-state index is -0.500. The van der Waals surface area contributed by atoms with Gasteiger partial charge in [-0.1, -0.05) is 24.3 Å². The van der Waals surface area contributed by atoms with E-state index in [9.17, 15) is 9.59 Å². The molecule has 1 aliphatic carbocycles. The topological polar surface area (TPSA) is 77.3 Å². The Morgan fingerprint density at radius 3 is 1.80 bits per heavy atom. The number of carbonyl (C=O) groups is 2. The van der Waals surface area contributed by atoms with E-state index in [1.807, 2.05) is 0 Å². The number of carbonyl (C=O) groups excluding carboxylic acids is 2. The molecule has 0 aliphatic heterocycles. The molecule has 5 nitrogen and oxygen atoms in total. The molecule has 0 radical (unpaired) electrons. The summed E-state index contributed by atoms with van der Waals surface area (Å²) in [5, 5.41) is 8.81. The number of nitro groups is 1. The Labute approximate surface area is 85.9 Å². The highest BCUT2D eigenvalue weighted by Crippen LogP contribution is 2.20. The molecule has 0 saturated carbocycles. The van der Waals surface area contributed by atoms with E-state index in [-0.39, 0.29) is 18.0 Å². The molecule has 1 aromatic rings. The lowest BCUT2D eigenvalue weighted by Crippen LogP contribution is -1.90. The van der Waals surface area contributed by atoms with Crippen LogP contribution >= 0.6 is 0 Å². The smallest absolute Gasteiger partial charge is 0.194 e. The third kappa shape index (κ3) is 2.70. The highest BCUT2D eigenvalue weighted by atomic mass is 16.6. The van der Waals surface area contributed by atoms with Gasteiger partial charge in [0.2, 0.25) is 0 Å². The summed E-state index contributed by atoms with van der Waals surface area (Å²) in [4.78, 5) is 30.4. The first kappa shape index (κ1) is 11.0. The maximum atomic E-state index is 11.1. The number of nitrogens with zero attached hydrogens (tertiary/aromatic N) is 1. The van der Waals surface area contributed by atoms with Crippen LogP contribution in [-0.2, 0) is 0 Å². The molecule has 0 saturated heterocycles. The van der Waals surface area contributed by atoms with Crippen molar-refractivity contribution in [2.24, 2.45) is 0 Å². The van der Waals surface area contributed by atoms with Crippen LogP contribution < -0.4 is 0 Å². The second kappa shape index (κ2) is 4.45. The Kier molecular flexibility index (Phi) is 3.28. The Balaban J connectivity index is 0.000000245. The van der Waals surface area contributed by atoms with Crippen molar-refractivity contribution in [1.29, 1.82) is 0 Å². The zero-order valence-corrected chi connectivity index (χ0v) is 8.10. The number of hydrogen-bond donors (Lipinski definition) is 0. The quantitative estimate of drug-likeness (QED) is 0.365. The molecule has 0 bridgehead atoms. The predicted molar refractivity (Wildman–Crippen MR) is 52.6 cm³/mol. The maximum absolute atomic E-state index is 11.1. The maximum Gasteiger partial charge on any atom is 0.194 e. The van der Waals surface area contributed by atoms with Gasteiger partial charge >= 0.3 is 0 Å². The van der Waals surface area contributed by atoms with Crippen molar-refractivity contribution >= 4 is 11.6 Å². The van der Waals surface area contributed by atoms with Gasteiger partial charge in [0.05, 0.1) is 6.42 Å². The second-order valence-electron chi connectivity index (χ2n) is 3.01. The Morgan fingerprint density at radius 2 is 1.47 bits per heavy atom. The number of hydrogen-bond acceptors (Lipinski definition) is 4. The summed E-state index contributed by atoms with van der Waals surface area (Å²) in [5.41, 5.74) is 1.16. The van der Waals surface area contributed by atoms with Crippen LogP contribution in [0.25, 0.3) is 0 Å². The van der Waals surface area contributed by atoms with Gasteiger partial charge in [0.1, 0.15) is 0 Å². The molecule has 15 heavy (non-hydrogen) atoms. The SMILES string of the molecule is C[N+](=O)[O-].O=C1CC(=O)c2ccccc21. The van der Waals surface area contributed by atoms with E-state index in [0.717, 1.165) is 7.05 Å². The summed E-state index contributed by atoms with van der Waals surface area (Å²) in [6.45, 7) is 0. The number of ketones is 2. The molecule has 0 spiro atoms. The third-order valence-corrected chi connectivity index (χ3v) is 1.85. The monoisotopic (exact) mass is 207 g/mol. The molecule has 0 aromatic heterocycles. The van der Waals surface area contributed by atoms with E-state index >= 15 is 0 Å². The van der Waals surface area contributed by atoms with Crippen molar-refractivity contribution in [2.75, 3.05) is 7.05 Å². The molecular formula is C10H9NO4. The average Bonchev–Trinajstić information content (AvgIpc) is 2.43. The summed E-state index contributed by atoms with van der Waals surface area (Å²) >= 11 is 0. The van der Waals surface area contributed by atoms with Crippen LogP contribution in [0.1, 0.15) is 27.1 Å². The molecule has 2 rings (SSSR count). The molecular weight excluding hydrogens is 198 g/mol. The van der Waals surface area contributed by atoms with Crippen LogP contribution in [0, 0.1) is 10.1 Å². The van der Waals surface area contributed by atoms with Gasteiger partial charge in [0.25, 0.3) is 0 Å². The van der Waals surface area contributed by atoms with Gasteiger partial charge in [0.15, 0.2) is 18.6 Å². The summed E-state index contributed by atoms with van der Waals surface area (Å²) in [6.07, 6.45) is 0.0549. The zero-order valence-electron chi connectivity index (χ0n) is 8.10. The minimum absolute atomic E-state index is 0.0504. The third-order valence-electron chi connectivity index (χ3n) is 1.85. The van der Waals surface area contributed by atoms with Crippen molar-refractivity contribution in [1.82, 2.24) is 0 Å². The molecule has 1 aromatic carbocycles. The van der Waals surface area contributed by atoms with Gasteiger partial charge in [-0.25, -0.2) is 0 Å². The highest BCUT2D eigenvalue weighted by molar-refractivity contribution is 6.24. The minimum Gasteiger partial charge on any atom is -0.294 e. The second-order valence-corrected chi connectivity index (χ2v) is 3.01. The summed E-state index contributed by atoms with van der Waals surface area (Å²) in [6, 6.07) is 6.94. The summed E-state index contributed by atoms with van der Waals surface area (Å²) in [7, 11) is 0.889. The number of rotatable bonds is 0. The van der Waals surface area contributed by atoms with Crippen molar-refractivity contribution in [3.05, 3.63) is 45.5 Å². The van der Waals surface area contributed by atoms with Gasteiger partial charge in [0, 0.05) is 16.1 Å². The lowest BCUT2D eigenvalue weighted by atomic mass is 10.1. The van der Waals surface area contributed by atoms with E-state index in [2.05, 4.69) is 0 Å². The average molecular weight is 207 g/mol. The van der Waals surface area contributed by atoms with Crippen LogP contribution in [0.4, 0.5) is 0 Å². The number of benzene rings is 1. The van der Waals surface area contributed by atoms with Gasteiger partial charge < -0.3 is 0 Å². The van der Waals surface area contributed by atoms with Crippen molar-refractivity contribution in [2.45, 2.75) is 6.42 Å². The number of Topliss-reactive ketones (excluding diaryl/α,β-unsaturated/α-hetero) is 2.